The van der Waals surface area contributed by atoms with E-state index in [9.17, 15) is 14.0 Å². The average Bonchev–Trinajstić information content (AvgIpc) is 2.72. The van der Waals surface area contributed by atoms with Gasteiger partial charge in [0.2, 0.25) is 5.91 Å². The van der Waals surface area contributed by atoms with Gasteiger partial charge in [0, 0.05) is 36.8 Å². The number of benzene rings is 2. The van der Waals surface area contributed by atoms with Gasteiger partial charge in [-0.05, 0) is 54.8 Å². The number of hydrogen-bond donors (Lipinski definition) is 1. The van der Waals surface area contributed by atoms with Crippen molar-refractivity contribution >= 4 is 17.9 Å². The fourth-order valence-electron chi connectivity index (χ4n) is 3.32. The number of rotatable bonds is 6. The van der Waals surface area contributed by atoms with E-state index in [2.05, 4.69) is 10.2 Å². The van der Waals surface area contributed by atoms with E-state index < -0.39 is 5.82 Å². The van der Waals surface area contributed by atoms with Crippen LogP contribution >= 0.6 is 0 Å². The van der Waals surface area contributed by atoms with Crippen molar-refractivity contribution in [1.29, 1.82) is 0 Å². The smallest absolute Gasteiger partial charge is 0.223 e. The largest absolute Gasteiger partial charge is 0.494 e. The number of nitrogens with one attached hydrogen (secondary N) is 1. The SMILES string of the molecule is COc1ccc(CNC(=O)C2CCN(c3ccc(C=O)cc3)CC2)cc1F. The zero-order valence-corrected chi connectivity index (χ0v) is 15.3. The molecule has 1 fully saturated rings. The van der Waals surface area contributed by atoms with Crippen molar-refractivity contribution in [1.82, 2.24) is 5.32 Å². The van der Waals surface area contributed by atoms with Crippen LogP contribution in [-0.2, 0) is 11.3 Å². The van der Waals surface area contributed by atoms with Crippen LogP contribution in [0.1, 0.15) is 28.8 Å². The monoisotopic (exact) mass is 370 g/mol. The molecule has 5 nitrogen and oxygen atoms in total. The molecule has 0 bridgehead atoms. The Labute approximate surface area is 158 Å². The van der Waals surface area contributed by atoms with Crippen LogP contribution in [0.4, 0.5) is 10.1 Å². The lowest BCUT2D eigenvalue weighted by Gasteiger charge is -2.33. The van der Waals surface area contributed by atoms with Gasteiger partial charge in [0.15, 0.2) is 11.6 Å². The number of carbonyl (C=O) groups excluding carboxylic acids is 2. The molecule has 0 aromatic heterocycles. The molecular formula is C21H23FN2O3. The van der Waals surface area contributed by atoms with Crippen LogP contribution in [0.25, 0.3) is 0 Å². The topological polar surface area (TPSA) is 58.6 Å². The molecule has 1 N–H and O–H groups in total. The minimum absolute atomic E-state index is 0.00202. The highest BCUT2D eigenvalue weighted by atomic mass is 19.1. The van der Waals surface area contributed by atoms with Crippen molar-refractivity contribution in [2.45, 2.75) is 19.4 Å². The maximum atomic E-state index is 13.7. The summed E-state index contributed by atoms with van der Waals surface area (Å²) in [5, 5.41) is 2.90. The Hall–Kier alpha value is -2.89. The molecule has 6 heteroatoms. The quantitative estimate of drug-likeness (QED) is 0.794. The van der Waals surface area contributed by atoms with Crippen LogP contribution in [0.15, 0.2) is 42.5 Å². The molecule has 0 spiro atoms. The molecule has 142 valence electrons. The molecular weight excluding hydrogens is 347 g/mol. The second kappa shape index (κ2) is 8.66. The van der Waals surface area contributed by atoms with E-state index in [0.717, 1.165) is 37.9 Å². The van der Waals surface area contributed by atoms with E-state index in [1.165, 1.54) is 13.2 Å². The fourth-order valence-corrected chi connectivity index (χ4v) is 3.32. The highest BCUT2D eigenvalue weighted by Gasteiger charge is 2.25. The molecule has 1 aliphatic rings. The number of aldehydes is 1. The Balaban J connectivity index is 1.49. The molecule has 1 saturated heterocycles. The lowest BCUT2D eigenvalue weighted by atomic mass is 9.95. The van der Waals surface area contributed by atoms with Crippen molar-refractivity contribution in [3.63, 3.8) is 0 Å². The van der Waals surface area contributed by atoms with Gasteiger partial charge in [-0.25, -0.2) is 4.39 Å². The van der Waals surface area contributed by atoms with Gasteiger partial charge >= 0.3 is 0 Å². The Morgan fingerprint density at radius 1 is 1.22 bits per heavy atom. The van der Waals surface area contributed by atoms with E-state index in [0.29, 0.717) is 17.7 Å². The predicted octanol–water partition coefficient (Wildman–Crippen LogP) is 3.18. The molecule has 0 radical (unpaired) electrons. The third kappa shape index (κ3) is 4.64. The van der Waals surface area contributed by atoms with Crippen molar-refractivity contribution in [2.75, 3.05) is 25.1 Å². The first-order valence-electron chi connectivity index (χ1n) is 9.01. The zero-order chi connectivity index (χ0) is 19.2. The van der Waals surface area contributed by atoms with Crippen LogP contribution < -0.4 is 15.0 Å². The van der Waals surface area contributed by atoms with E-state index in [1.54, 1.807) is 24.3 Å². The summed E-state index contributed by atoms with van der Waals surface area (Å²) in [6.07, 6.45) is 2.35. The second-order valence-electron chi connectivity index (χ2n) is 6.66. The van der Waals surface area contributed by atoms with Gasteiger partial charge in [0.1, 0.15) is 6.29 Å². The highest BCUT2D eigenvalue weighted by molar-refractivity contribution is 5.79. The number of methoxy groups -OCH3 is 1. The Morgan fingerprint density at radius 2 is 1.93 bits per heavy atom. The fraction of sp³-hybridized carbons (Fsp3) is 0.333. The summed E-state index contributed by atoms with van der Waals surface area (Å²) in [4.78, 5) is 25.4. The number of amides is 1. The molecule has 2 aromatic carbocycles. The first-order valence-corrected chi connectivity index (χ1v) is 9.01. The van der Waals surface area contributed by atoms with Crippen LogP contribution in [0.5, 0.6) is 5.75 Å². The van der Waals surface area contributed by atoms with Gasteiger partial charge in [-0.1, -0.05) is 6.07 Å². The summed E-state index contributed by atoms with van der Waals surface area (Å²) in [6.45, 7) is 1.87. The molecule has 0 saturated carbocycles. The summed E-state index contributed by atoms with van der Waals surface area (Å²) in [6, 6.07) is 12.2. The third-order valence-electron chi connectivity index (χ3n) is 4.94. The van der Waals surface area contributed by atoms with Crippen LogP contribution in [-0.4, -0.2) is 32.4 Å². The summed E-state index contributed by atoms with van der Waals surface area (Å²) < 4.78 is 18.6. The molecule has 1 aliphatic heterocycles. The molecule has 0 atom stereocenters. The molecule has 1 heterocycles. The maximum Gasteiger partial charge on any atom is 0.223 e. The first kappa shape index (κ1) is 18.9. The van der Waals surface area contributed by atoms with E-state index >= 15 is 0 Å². The number of piperidine rings is 1. The normalized spacial score (nSPS) is 14.7. The van der Waals surface area contributed by atoms with Crippen LogP contribution in [0.3, 0.4) is 0 Å². The number of hydrogen-bond acceptors (Lipinski definition) is 4. The van der Waals surface area contributed by atoms with E-state index in [-0.39, 0.29) is 17.6 Å². The number of halogens is 1. The summed E-state index contributed by atoms with van der Waals surface area (Å²) in [7, 11) is 1.42. The standard InChI is InChI=1S/C21H23FN2O3/c1-27-20-7-4-16(12-19(20)22)13-23-21(26)17-8-10-24(11-9-17)18-5-2-15(14-25)3-6-18/h2-7,12,14,17H,8-11,13H2,1H3,(H,23,26). The number of nitrogens with zero attached hydrogens (tertiary/aromatic N) is 1. The summed E-state index contributed by atoms with van der Waals surface area (Å²) in [5.41, 5.74) is 2.42. The molecule has 1 amide bonds. The van der Waals surface area contributed by atoms with Gasteiger partial charge in [-0.2, -0.15) is 0 Å². The Kier molecular flexibility index (Phi) is 6.06. The zero-order valence-electron chi connectivity index (χ0n) is 15.3. The molecule has 0 aliphatic carbocycles. The second-order valence-corrected chi connectivity index (χ2v) is 6.66. The maximum absolute atomic E-state index is 13.7. The lowest BCUT2D eigenvalue weighted by Crippen LogP contribution is -2.40. The number of anilines is 1. The van der Waals surface area contributed by atoms with Crippen LogP contribution in [0, 0.1) is 11.7 Å². The van der Waals surface area contributed by atoms with Crippen molar-refractivity contribution in [3.05, 3.63) is 59.4 Å². The molecule has 27 heavy (non-hydrogen) atoms. The lowest BCUT2D eigenvalue weighted by molar-refractivity contribution is -0.125. The molecule has 2 aromatic rings. The summed E-state index contributed by atoms with van der Waals surface area (Å²) >= 11 is 0. The summed E-state index contributed by atoms with van der Waals surface area (Å²) in [5.74, 6) is -0.280. The van der Waals surface area contributed by atoms with Crippen molar-refractivity contribution < 1.29 is 18.7 Å². The van der Waals surface area contributed by atoms with Gasteiger partial charge in [0.05, 0.1) is 7.11 Å². The number of ether oxygens (including phenoxy) is 1. The van der Waals surface area contributed by atoms with Crippen LogP contribution in [0.2, 0.25) is 0 Å². The van der Waals surface area contributed by atoms with Crippen molar-refractivity contribution in [2.24, 2.45) is 5.92 Å². The van der Waals surface area contributed by atoms with E-state index in [4.69, 9.17) is 4.74 Å². The average molecular weight is 370 g/mol. The molecule has 0 unspecified atom stereocenters. The highest BCUT2D eigenvalue weighted by Crippen LogP contribution is 2.24. The first-order chi connectivity index (χ1) is 13.1. The Morgan fingerprint density at radius 3 is 2.52 bits per heavy atom. The van der Waals surface area contributed by atoms with Crippen molar-refractivity contribution in [3.8, 4) is 5.75 Å². The van der Waals surface area contributed by atoms with Gasteiger partial charge in [-0.3, -0.25) is 9.59 Å². The van der Waals surface area contributed by atoms with Gasteiger partial charge in [-0.15, -0.1) is 0 Å². The Bertz CT molecular complexity index is 800. The van der Waals surface area contributed by atoms with Gasteiger partial charge in [0.25, 0.3) is 0 Å². The molecule has 3 rings (SSSR count). The van der Waals surface area contributed by atoms with Gasteiger partial charge < -0.3 is 15.0 Å². The minimum Gasteiger partial charge on any atom is -0.494 e. The van der Waals surface area contributed by atoms with E-state index in [1.807, 2.05) is 12.1 Å². The number of carbonyl (C=O) groups is 2. The third-order valence-corrected chi connectivity index (χ3v) is 4.94. The minimum atomic E-state index is -0.432. The predicted molar refractivity (Wildman–Crippen MR) is 102 cm³/mol.